The summed E-state index contributed by atoms with van der Waals surface area (Å²) < 4.78 is 0. The number of halogens is 2. The quantitative estimate of drug-likeness (QED) is 0.808. The van der Waals surface area contributed by atoms with Gasteiger partial charge in [0, 0.05) is 5.02 Å². The lowest BCUT2D eigenvalue weighted by Crippen LogP contribution is -2.37. The molecule has 0 fully saturated rings. The van der Waals surface area contributed by atoms with Crippen molar-refractivity contribution in [2.75, 3.05) is 5.32 Å². The van der Waals surface area contributed by atoms with E-state index in [2.05, 4.69) is 5.32 Å². The number of hydrogen-bond acceptors (Lipinski definition) is 3. The summed E-state index contributed by atoms with van der Waals surface area (Å²) in [5, 5.41) is 12.7. The second-order valence-corrected chi connectivity index (χ2v) is 5.43. The van der Waals surface area contributed by atoms with E-state index >= 15 is 0 Å². The summed E-state index contributed by atoms with van der Waals surface area (Å²) in [5.41, 5.74) is 7.20. The Morgan fingerprint density at radius 2 is 1.86 bits per heavy atom. The number of benzene rings is 2. The van der Waals surface area contributed by atoms with Crippen LogP contribution in [0.2, 0.25) is 10.0 Å². The number of anilines is 1. The van der Waals surface area contributed by atoms with Crippen LogP contribution in [0.4, 0.5) is 5.69 Å². The first kappa shape index (κ1) is 15.6. The van der Waals surface area contributed by atoms with E-state index in [1.807, 2.05) is 0 Å². The molecule has 21 heavy (non-hydrogen) atoms. The molecule has 0 aliphatic heterocycles. The number of phenolic OH excluding ortho intramolecular Hbond substituents is 1. The van der Waals surface area contributed by atoms with Crippen LogP contribution in [0, 0.1) is 0 Å². The maximum absolute atomic E-state index is 12.0. The number of nitrogens with two attached hydrogens (primary N) is 1. The minimum Gasteiger partial charge on any atom is -0.508 e. The SMILES string of the molecule is N[C@@H](Cc1ccc(O)cc1)C(=O)Nc1ccc(Cl)cc1Cl. The number of nitrogens with one attached hydrogen (secondary N) is 1. The largest absolute Gasteiger partial charge is 0.508 e. The molecular weight excluding hydrogens is 311 g/mol. The lowest BCUT2D eigenvalue weighted by molar-refractivity contribution is -0.117. The monoisotopic (exact) mass is 324 g/mol. The van der Waals surface area contributed by atoms with Gasteiger partial charge in [0.15, 0.2) is 0 Å². The van der Waals surface area contributed by atoms with Gasteiger partial charge >= 0.3 is 0 Å². The van der Waals surface area contributed by atoms with Crippen molar-refractivity contribution in [1.82, 2.24) is 0 Å². The lowest BCUT2D eigenvalue weighted by atomic mass is 10.1. The van der Waals surface area contributed by atoms with E-state index < -0.39 is 6.04 Å². The highest BCUT2D eigenvalue weighted by atomic mass is 35.5. The van der Waals surface area contributed by atoms with Gasteiger partial charge in [0.1, 0.15) is 5.75 Å². The molecule has 110 valence electrons. The van der Waals surface area contributed by atoms with Gasteiger partial charge in [-0.25, -0.2) is 0 Å². The van der Waals surface area contributed by atoms with Crippen LogP contribution in [0.1, 0.15) is 5.56 Å². The van der Waals surface area contributed by atoms with Crippen LogP contribution >= 0.6 is 23.2 Å². The summed E-state index contributed by atoms with van der Waals surface area (Å²) in [5.74, 6) is -0.169. The molecule has 2 aromatic carbocycles. The standard InChI is InChI=1S/C15H14Cl2N2O2/c16-10-3-6-14(12(17)8-10)19-15(21)13(18)7-9-1-4-11(20)5-2-9/h1-6,8,13,20H,7,18H2,(H,19,21)/t13-/m0/s1. The number of aromatic hydroxyl groups is 1. The zero-order chi connectivity index (χ0) is 15.4. The number of phenols is 1. The Morgan fingerprint density at radius 3 is 2.48 bits per heavy atom. The van der Waals surface area contributed by atoms with Crippen LogP contribution in [0.5, 0.6) is 5.75 Å². The third-order valence-electron chi connectivity index (χ3n) is 2.92. The lowest BCUT2D eigenvalue weighted by Gasteiger charge is -2.13. The van der Waals surface area contributed by atoms with Crippen molar-refractivity contribution in [1.29, 1.82) is 0 Å². The fourth-order valence-electron chi connectivity index (χ4n) is 1.79. The predicted molar refractivity (Wildman–Crippen MR) is 84.9 cm³/mol. The number of carbonyl (C=O) groups excluding carboxylic acids is 1. The van der Waals surface area contributed by atoms with E-state index in [4.69, 9.17) is 28.9 Å². The van der Waals surface area contributed by atoms with Crippen molar-refractivity contribution in [3.63, 3.8) is 0 Å². The van der Waals surface area contributed by atoms with Gasteiger partial charge in [-0.1, -0.05) is 35.3 Å². The first-order valence-corrected chi connectivity index (χ1v) is 7.00. The van der Waals surface area contributed by atoms with Crippen molar-refractivity contribution in [2.24, 2.45) is 5.73 Å². The summed E-state index contributed by atoms with van der Waals surface area (Å²) in [6.45, 7) is 0. The fraction of sp³-hybridized carbons (Fsp3) is 0.133. The topological polar surface area (TPSA) is 75.3 Å². The first-order chi connectivity index (χ1) is 9.95. The van der Waals surface area contributed by atoms with Gasteiger partial charge in [-0.2, -0.15) is 0 Å². The summed E-state index contributed by atoms with van der Waals surface area (Å²) >= 11 is 11.8. The van der Waals surface area contributed by atoms with E-state index in [0.29, 0.717) is 22.2 Å². The van der Waals surface area contributed by atoms with E-state index in [1.165, 1.54) is 0 Å². The van der Waals surface area contributed by atoms with Gasteiger partial charge in [-0.05, 0) is 42.3 Å². The molecule has 4 N–H and O–H groups in total. The number of amides is 1. The summed E-state index contributed by atoms with van der Waals surface area (Å²) in [6, 6.07) is 10.6. The predicted octanol–water partition coefficient (Wildman–Crippen LogP) is 3.21. The molecule has 0 radical (unpaired) electrons. The zero-order valence-corrected chi connectivity index (χ0v) is 12.5. The maximum atomic E-state index is 12.0. The Morgan fingerprint density at radius 1 is 1.19 bits per heavy atom. The Bertz CT molecular complexity index is 645. The molecule has 4 nitrogen and oxygen atoms in total. The summed E-state index contributed by atoms with van der Waals surface area (Å²) in [4.78, 5) is 12.0. The molecule has 0 saturated heterocycles. The molecule has 0 aromatic heterocycles. The molecule has 2 aromatic rings. The minimum absolute atomic E-state index is 0.171. The Kier molecular flexibility index (Phi) is 5.07. The highest BCUT2D eigenvalue weighted by molar-refractivity contribution is 6.36. The molecule has 2 rings (SSSR count). The van der Waals surface area contributed by atoms with Crippen LogP contribution < -0.4 is 11.1 Å². The number of carbonyl (C=O) groups is 1. The minimum atomic E-state index is -0.721. The highest BCUT2D eigenvalue weighted by Crippen LogP contribution is 2.25. The van der Waals surface area contributed by atoms with E-state index in [-0.39, 0.29) is 11.7 Å². The van der Waals surface area contributed by atoms with Crippen molar-refractivity contribution >= 4 is 34.8 Å². The van der Waals surface area contributed by atoms with Crippen LogP contribution in [0.3, 0.4) is 0 Å². The van der Waals surface area contributed by atoms with Crippen LogP contribution in [0.15, 0.2) is 42.5 Å². The van der Waals surface area contributed by atoms with Crippen molar-refractivity contribution in [3.05, 3.63) is 58.1 Å². The molecule has 1 amide bonds. The third kappa shape index (κ3) is 4.36. The summed E-state index contributed by atoms with van der Waals surface area (Å²) in [7, 11) is 0. The van der Waals surface area contributed by atoms with Gasteiger partial charge in [0.05, 0.1) is 16.8 Å². The maximum Gasteiger partial charge on any atom is 0.241 e. The van der Waals surface area contributed by atoms with Gasteiger partial charge < -0.3 is 16.2 Å². The molecule has 0 unspecified atom stereocenters. The van der Waals surface area contributed by atoms with E-state index in [9.17, 15) is 9.90 Å². The second kappa shape index (κ2) is 6.80. The second-order valence-electron chi connectivity index (χ2n) is 4.59. The molecule has 6 heteroatoms. The average molecular weight is 325 g/mol. The molecule has 0 aliphatic carbocycles. The molecule has 0 spiro atoms. The Labute approximate surface area is 132 Å². The highest BCUT2D eigenvalue weighted by Gasteiger charge is 2.15. The van der Waals surface area contributed by atoms with Crippen LogP contribution in [0.25, 0.3) is 0 Å². The third-order valence-corrected chi connectivity index (χ3v) is 3.47. The zero-order valence-electron chi connectivity index (χ0n) is 11.0. The Balaban J connectivity index is 2.00. The van der Waals surface area contributed by atoms with Crippen LogP contribution in [-0.2, 0) is 11.2 Å². The average Bonchev–Trinajstić information content (AvgIpc) is 2.44. The van der Waals surface area contributed by atoms with Crippen molar-refractivity contribution < 1.29 is 9.90 Å². The van der Waals surface area contributed by atoms with Gasteiger partial charge in [-0.3, -0.25) is 4.79 Å². The first-order valence-electron chi connectivity index (χ1n) is 6.25. The smallest absolute Gasteiger partial charge is 0.241 e. The molecule has 1 atom stereocenters. The van der Waals surface area contributed by atoms with Crippen molar-refractivity contribution in [2.45, 2.75) is 12.5 Å². The van der Waals surface area contributed by atoms with E-state index in [0.717, 1.165) is 5.56 Å². The molecule has 0 bridgehead atoms. The Hall–Kier alpha value is -1.75. The molecule has 0 heterocycles. The van der Waals surface area contributed by atoms with E-state index in [1.54, 1.807) is 42.5 Å². The molecule has 0 saturated carbocycles. The van der Waals surface area contributed by atoms with Crippen molar-refractivity contribution in [3.8, 4) is 5.75 Å². The fourth-order valence-corrected chi connectivity index (χ4v) is 2.25. The molecular formula is C15H14Cl2N2O2. The number of rotatable bonds is 4. The molecule has 0 aliphatic rings. The van der Waals surface area contributed by atoms with Gasteiger partial charge in [-0.15, -0.1) is 0 Å². The summed E-state index contributed by atoms with van der Waals surface area (Å²) in [6.07, 6.45) is 0.358. The number of hydrogen-bond donors (Lipinski definition) is 3. The van der Waals surface area contributed by atoms with Crippen LogP contribution in [-0.4, -0.2) is 17.1 Å². The van der Waals surface area contributed by atoms with Gasteiger partial charge in [0.2, 0.25) is 5.91 Å². The van der Waals surface area contributed by atoms with Gasteiger partial charge in [0.25, 0.3) is 0 Å². The normalized spacial score (nSPS) is 12.0.